The number of nitrogens with zero attached hydrogens (tertiary/aromatic N) is 3. The van der Waals surface area contributed by atoms with Crippen LogP contribution in [-0.4, -0.2) is 70.5 Å². The molecule has 0 aliphatic carbocycles. The smallest absolute Gasteiger partial charge is 0.357 e. The van der Waals surface area contributed by atoms with Gasteiger partial charge in [0.05, 0.1) is 21.1 Å². The maximum absolute atomic E-state index is 12.9. The van der Waals surface area contributed by atoms with Crippen LogP contribution in [0.5, 0.6) is 0 Å². The van der Waals surface area contributed by atoms with Crippen LogP contribution >= 0.6 is 0 Å². The minimum atomic E-state index is -4.52. The lowest BCUT2D eigenvalue weighted by atomic mass is 10.0. The van der Waals surface area contributed by atoms with Crippen molar-refractivity contribution < 1.29 is 55.6 Å². The number of aliphatic hydroxyl groups is 1. The number of carbonyl (C=O) groups excluding carboxylic acids is 1. The highest BCUT2D eigenvalue weighted by molar-refractivity contribution is 7.86. The van der Waals surface area contributed by atoms with Crippen molar-refractivity contribution >= 4 is 55.2 Å². The number of hydrogen-bond donors (Lipinski definition) is 5. The lowest BCUT2D eigenvalue weighted by Crippen LogP contribution is -2.22. The number of benzene rings is 2. The Kier molecular flexibility index (Phi) is 7.46. The Morgan fingerprint density at radius 1 is 0.829 bits per heavy atom. The number of aliphatic carboxylic acids is 2. The van der Waals surface area contributed by atoms with Gasteiger partial charge in [-0.3, -0.25) is 18.9 Å². The Morgan fingerprint density at radius 3 is 1.83 bits per heavy atom. The SMILES string of the molecule is O=C(O)C1=NC(c2ccc(S(=O)(=O)O)cc2)C(O)=C1/C=C/C=C1/C(=O)N(c2ccc(S(=O)(=O)O)cc2)N=C1C(=O)O. The number of carbonyl (C=O) groups is 3. The van der Waals surface area contributed by atoms with Gasteiger partial charge in [-0.05, 0) is 54.1 Å². The molecule has 5 N–H and O–H groups in total. The van der Waals surface area contributed by atoms with E-state index >= 15 is 0 Å². The summed E-state index contributed by atoms with van der Waals surface area (Å²) in [6.07, 6.45) is 3.17. The summed E-state index contributed by atoms with van der Waals surface area (Å²) in [4.78, 5) is 39.5. The fraction of sp³-hybridized carbons (Fsp3) is 0.0417. The van der Waals surface area contributed by atoms with E-state index in [2.05, 4.69) is 10.1 Å². The van der Waals surface area contributed by atoms with E-state index in [0.717, 1.165) is 54.6 Å². The molecule has 0 spiro atoms. The molecule has 4 rings (SSSR count). The maximum atomic E-state index is 12.9. The molecular formula is C24H17N3O12S2. The Balaban J connectivity index is 1.65. The lowest BCUT2D eigenvalue weighted by molar-refractivity contribution is -0.130. The molecule has 17 heteroatoms. The molecule has 0 aromatic heterocycles. The molecule has 0 saturated carbocycles. The van der Waals surface area contributed by atoms with E-state index in [1.54, 1.807) is 0 Å². The summed E-state index contributed by atoms with van der Waals surface area (Å²) < 4.78 is 63.2. The summed E-state index contributed by atoms with van der Waals surface area (Å²) in [5.41, 5.74) is -1.81. The molecule has 2 heterocycles. The zero-order valence-electron chi connectivity index (χ0n) is 20.2. The largest absolute Gasteiger partial charge is 0.509 e. The van der Waals surface area contributed by atoms with Gasteiger partial charge in [-0.1, -0.05) is 18.2 Å². The fourth-order valence-corrected chi connectivity index (χ4v) is 4.78. The van der Waals surface area contributed by atoms with Gasteiger partial charge in [-0.15, -0.1) is 0 Å². The molecule has 1 atom stereocenters. The highest BCUT2D eigenvalue weighted by Gasteiger charge is 2.35. The minimum Gasteiger partial charge on any atom is -0.509 e. The first-order chi connectivity index (χ1) is 19.1. The van der Waals surface area contributed by atoms with Crippen LogP contribution in [0.3, 0.4) is 0 Å². The van der Waals surface area contributed by atoms with Gasteiger partial charge in [0, 0.05) is 5.57 Å². The molecule has 2 aromatic carbocycles. The molecule has 1 unspecified atom stereocenters. The summed E-state index contributed by atoms with van der Waals surface area (Å²) in [6.45, 7) is 0. The van der Waals surface area contributed by atoms with Crippen molar-refractivity contribution in [1.82, 2.24) is 0 Å². The van der Waals surface area contributed by atoms with Gasteiger partial charge in [0.1, 0.15) is 11.8 Å². The van der Waals surface area contributed by atoms with Gasteiger partial charge in [0.2, 0.25) is 0 Å². The fourth-order valence-electron chi connectivity index (χ4n) is 3.82. The molecule has 1 amide bonds. The monoisotopic (exact) mass is 603 g/mol. The second-order valence-electron chi connectivity index (χ2n) is 8.31. The highest BCUT2D eigenvalue weighted by atomic mass is 32.2. The molecular weight excluding hydrogens is 586 g/mol. The number of amides is 1. The first-order valence-corrected chi connectivity index (χ1v) is 13.9. The van der Waals surface area contributed by atoms with Gasteiger partial charge in [0.25, 0.3) is 26.1 Å². The molecule has 41 heavy (non-hydrogen) atoms. The predicted octanol–water partition coefficient (Wildman–Crippen LogP) is 1.54. The van der Waals surface area contributed by atoms with Gasteiger partial charge < -0.3 is 15.3 Å². The van der Waals surface area contributed by atoms with Gasteiger partial charge in [-0.2, -0.15) is 26.9 Å². The van der Waals surface area contributed by atoms with Crippen molar-refractivity contribution in [2.24, 2.45) is 10.1 Å². The van der Waals surface area contributed by atoms with Crippen LogP contribution in [0.1, 0.15) is 11.6 Å². The molecule has 0 radical (unpaired) electrons. The van der Waals surface area contributed by atoms with Gasteiger partial charge in [-0.25, -0.2) is 9.59 Å². The Hall–Kier alpha value is -4.97. The zero-order chi connectivity index (χ0) is 30.3. The number of aliphatic hydroxyl groups excluding tert-OH is 1. The van der Waals surface area contributed by atoms with Crippen molar-refractivity contribution in [2.75, 3.05) is 5.01 Å². The Labute approximate surface area is 230 Å². The van der Waals surface area contributed by atoms with E-state index in [9.17, 15) is 46.5 Å². The summed E-state index contributed by atoms with van der Waals surface area (Å²) >= 11 is 0. The topological polar surface area (TPSA) is 249 Å². The van der Waals surface area contributed by atoms with Crippen LogP contribution in [0.25, 0.3) is 0 Å². The average molecular weight is 604 g/mol. The number of carboxylic acids is 2. The van der Waals surface area contributed by atoms with E-state index in [4.69, 9.17) is 9.11 Å². The molecule has 2 aliphatic heterocycles. The normalized spacial score (nSPS) is 18.8. The third-order valence-electron chi connectivity index (χ3n) is 5.73. The molecule has 212 valence electrons. The number of carboxylic acid groups (broad SMARTS) is 2. The summed E-state index contributed by atoms with van der Waals surface area (Å²) in [6, 6.07) is 7.43. The lowest BCUT2D eigenvalue weighted by Gasteiger charge is -2.11. The zero-order valence-corrected chi connectivity index (χ0v) is 21.8. The predicted molar refractivity (Wildman–Crippen MR) is 140 cm³/mol. The Bertz CT molecular complexity index is 1850. The van der Waals surface area contributed by atoms with E-state index < -0.39 is 76.7 Å². The van der Waals surface area contributed by atoms with E-state index in [-0.39, 0.29) is 16.8 Å². The average Bonchev–Trinajstić information content (AvgIpc) is 3.40. The van der Waals surface area contributed by atoms with Crippen molar-refractivity contribution in [3.8, 4) is 0 Å². The van der Waals surface area contributed by atoms with Crippen LogP contribution in [-0.2, 0) is 34.6 Å². The van der Waals surface area contributed by atoms with Crippen molar-refractivity contribution in [2.45, 2.75) is 15.8 Å². The summed E-state index contributed by atoms with van der Waals surface area (Å²) in [5.74, 6) is -4.58. The van der Waals surface area contributed by atoms with Crippen LogP contribution in [0, 0.1) is 0 Å². The minimum absolute atomic E-state index is 0.0205. The molecule has 2 aliphatic rings. The van der Waals surface area contributed by atoms with Crippen LogP contribution in [0.15, 0.2) is 104 Å². The number of aliphatic imine (C=N–C) groups is 1. The van der Waals surface area contributed by atoms with Crippen molar-refractivity contribution in [1.29, 1.82) is 0 Å². The second-order valence-corrected chi connectivity index (χ2v) is 11.2. The second kappa shape index (κ2) is 10.5. The third-order valence-corrected chi connectivity index (χ3v) is 7.47. The van der Waals surface area contributed by atoms with E-state index in [1.165, 1.54) is 12.1 Å². The quantitative estimate of drug-likeness (QED) is 0.213. The molecule has 0 saturated heterocycles. The van der Waals surface area contributed by atoms with Crippen LogP contribution in [0.4, 0.5) is 5.69 Å². The maximum Gasteiger partial charge on any atom is 0.357 e. The Morgan fingerprint density at radius 2 is 1.34 bits per heavy atom. The van der Waals surface area contributed by atoms with Crippen molar-refractivity contribution in [3.63, 3.8) is 0 Å². The summed E-state index contributed by atoms with van der Waals surface area (Å²) in [5, 5.41) is 34.2. The number of rotatable bonds is 8. The number of hydrogen-bond acceptors (Lipinski definition) is 10. The highest BCUT2D eigenvalue weighted by Crippen LogP contribution is 2.34. The molecule has 15 nitrogen and oxygen atoms in total. The first kappa shape index (κ1) is 29.0. The molecule has 0 bridgehead atoms. The molecule has 2 aromatic rings. The number of hydrazone groups is 1. The third kappa shape index (κ3) is 5.82. The van der Waals surface area contributed by atoms with Crippen LogP contribution < -0.4 is 5.01 Å². The molecule has 0 fully saturated rings. The van der Waals surface area contributed by atoms with E-state index in [0.29, 0.717) is 5.01 Å². The van der Waals surface area contributed by atoms with Crippen molar-refractivity contribution in [3.05, 3.63) is 89.2 Å². The van der Waals surface area contributed by atoms with Crippen LogP contribution in [0.2, 0.25) is 0 Å². The number of allylic oxidation sites excluding steroid dienone is 3. The van der Waals surface area contributed by atoms with Gasteiger partial charge >= 0.3 is 11.9 Å². The van der Waals surface area contributed by atoms with E-state index in [1.807, 2.05) is 0 Å². The number of anilines is 1. The standard InChI is InChI=1S/C24H17N3O12S2/c28-21-16(19(23(30)31)25-18(21)12-4-8-14(9-5-12)40(34,35)36)2-1-3-17-20(24(32)33)26-27(22(17)29)13-6-10-15(11-7-13)41(37,38)39/h1-11,18,28H,(H,30,31)(H,32,33)(H,34,35,36)(H,37,38,39)/b2-1+,17-3+. The summed E-state index contributed by atoms with van der Waals surface area (Å²) in [7, 11) is -9.02. The first-order valence-electron chi connectivity index (χ1n) is 11.0. The van der Waals surface area contributed by atoms with Gasteiger partial charge in [0.15, 0.2) is 11.4 Å².